The van der Waals surface area contributed by atoms with E-state index in [4.69, 9.17) is 4.74 Å². The molecule has 2 aromatic rings. The van der Waals surface area contributed by atoms with Crippen LogP contribution in [0.25, 0.3) is 11.4 Å². The predicted octanol–water partition coefficient (Wildman–Crippen LogP) is 8.71. The van der Waals surface area contributed by atoms with E-state index in [1.807, 2.05) is 36.7 Å². The first-order chi connectivity index (χ1) is 17.2. The number of unbranched alkanes of at least 4 members (excludes halogenated alkanes) is 7. The molecule has 0 amide bonds. The first kappa shape index (κ1) is 27.2. The highest BCUT2D eigenvalue weighted by Crippen LogP contribution is 2.42. The van der Waals surface area contributed by atoms with Crippen LogP contribution in [-0.4, -0.2) is 16.6 Å². The standard InChI is InChI=1S/C31H45N3O/c1-3-5-7-9-11-19-31(25-32)20-17-26(18-21-31)24-35-29-15-13-28(14-16-29)30-33-22-27(23-34-30)12-10-8-6-4-2/h13-16,22-23,26H,3-12,17-21,24H2,1-2H3. The summed E-state index contributed by atoms with van der Waals surface area (Å²) in [6, 6.07) is 10.8. The summed E-state index contributed by atoms with van der Waals surface area (Å²) in [7, 11) is 0. The largest absolute Gasteiger partial charge is 0.493 e. The maximum absolute atomic E-state index is 9.84. The highest BCUT2D eigenvalue weighted by Gasteiger charge is 2.35. The summed E-state index contributed by atoms with van der Waals surface area (Å²) in [6.07, 6.45) is 21.7. The Morgan fingerprint density at radius 2 is 1.51 bits per heavy atom. The summed E-state index contributed by atoms with van der Waals surface area (Å²) in [4.78, 5) is 9.15. The number of ether oxygens (including phenoxy) is 1. The number of nitriles is 1. The van der Waals surface area contributed by atoms with E-state index in [1.165, 1.54) is 63.4 Å². The Morgan fingerprint density at radius 3 is 2.14 bits per heavy atom. The minimum atomic E-state index is -0.0879. The van der Waals surface area contributed by atoms with Gasteiger partial charge in [0.1, 0.15) is 5.75 Å². The average molecular weight is 476 g/mol. The molecular weight excluding hydrogens is 430 g/mol. The van der Waals surface area contributed by atoms with E-state index in [2.05, 4.69) is 29.9 Å². The lowest BCUT2D eigenvalue weighted by atomic mass is 9.69. The van der Waals surface area contributed by atoms with E-state index in [9.17, 15) is 5.26 Å². The minimum absolute atomic E-state index is 0.0879. The van der Waals surface area contributed by atoms with Crippen molar-refractivity contribution in [1.29, 1.82) is 5.26 Å². The van der Waals surface area contributed by atoms with Crippen molar-refractivity contribution in [3.8, 4) is 23.2 Å². The molecule has 0 saturated heterocycles. The normalized spacial score (nSPS) is 19.9. The Morgan fingerprint density at radius 1 is 0.886 bits per heavy atom. The summed E-state index contributed by atoms with van der Waals surface area (Å²) in [6.45, 7) is 5.22. The van der Waals surface area contributed by atoms with Gasteiger partial charge in [0.15, 0.2) is 5.82 Å². The number of aryl methyl sites for hydroxylation is 1. The number of aromatic nitrogens is 2. The number of rotatable bonds is 15. The second-order valence-electron chi connectivity index (χ2n) is 10.6. The van der Waals surface area contributed by atoms with E-state index in [-0.39, 0.29) is 5.41 Å². The zero-order valence-electron chi connectivity index (χ0n) is 22.1. The lowest BCUT2D eigenvalue weighted by Crippen LogP contribution is -2.28. The first-order valence-corrected chi connectivity index (χ1v) is 14.1. The number of hydrogen-bond donors (Lipinski definition) is 0. The molecule has 1 heterocycles. The highest BCUT2D eigenvalue weighted by atomic mass is 16.5. The van der Waals surface area contributed by atoms with Crippen LogP contribution in [0.1, 0.15) is 109 Å². The Balaban J connectivity index is 1.40. The van der Waals surface area contributed by atoms with Crippen LogP contribution in [0, 0.1) is 22.7 Å². The fraction of sp³-hybridized carbons (Fsp3) is 0.645. The van der Waals surface area contributed by atoms with Crippen LogP contribution in [-0.2, 0) is 6.42 Å². The summed E-state index contributed by atoms with van der Waals surface area (Å²) >= 11 is 0. The topological polar surface area (TPSA) is 58.8 Å². The Bertz CT molecular complexity index is 877. The zero-order chi connectivity index (χ0) is 24.8. The maximum atomic E-state index is 9.84. The molecule has 1 aromatic carbocycles. The van der Waals surface area contributed by atoms with Crippen molar-refractivity contribution >= 4 is 0 Å². The molecule has 0 radical (unpaired) electrons. The summed E-state index contributed by atoms with van der Waals surface area (Å²) in [5.74, 6) is 2.21. The molecule has 0 aliphatic heterocycles. The van der Waals surface area contributed by atoms with Crippen LogP contribution in [0.4, 0.5) is 0 Å². The van der Waals surface area contributed by atoms with Gasteiger partial charge in [0.05, 0.1) is 18.1 Å². The number of nitrogens with zero attached hydrogens (tertiary/aromatic N) is 3. The van der Waals surface area contributed by atoms with Crippen molar-refractivity contribution in [3.63, 3.8) is 0 Å². The van der Waals surface area contributed by atoms with E-state index in [0.717, 1.165) is 62.3 Å². The molecule has 35 heavy (non-hydrogen) atoms. The second kappa shape index (κ2) is 14.9. The number of hydrogen-bond acceptors (Lipinski definition) is 4. The SMILES string of the molecule is CCCCCCCC1(C#N)CCC(COc2ccc(-c3ncc(CCCCCC)cn3)cc2)CC1. The van der Waals surface area contributed by atoms with Gasteiger partial charge in [-0.05, 0) is 80.7 Å². The van der Waals surface area contributed by atoms with Crippen molar-refractivity contribution in [3.05, 3.63) is 42.2 Å². The summed E-state index contributed by atoms with van der Waals surface area (Å²) < 4.78 is 6.12. The first-order valence-electron chi connectivity index (χ1n) is 14.1. The molecule has 1 saturated carbocycles. The van der Waals surface area contributed by atoms with Gasteiger partial charge < -0.3 is 4.74 Å². The molecule has 0 unspecified atom stereocenters. The third-order valence-electron chi connectivity index (χ3n) is 7.68. The summed E-state index contributed by atoms with van der Waals surface area (Å²) in [5, 5.41) is 9.84. The molecule has 1 fully saturated rings. The third-order valence-corrected chi connectivity index (χ3v) is 7.68. The molecule has 0 atom stereocenters. The van der Waals surface area contributed by atoms with Crippen LogP contribution in [0.2, 0.25) is 0 Å². The van der Waals surface area contributed by atoms with Gasteiger partial charge in [-0.2, -0.15) is 5.26 Å². The highest BCUT2D eigenvalue weighted by molar-refractivity contribution is 5.55. The lowest BCUT2D eigenvalue weighted by molar-refractivity contribution is 0.144. The van der Waals surface area contributed by atoms with Gasteiger partial charge in [-0.15, -0.1) is 0 Å². The molecule has 1 aliphatic carbocycles. The van der Waals surface area contributed by atoms with Crippen molar-refractivity contribution in [1.82, 2.24) is 9.97 Å². The minimum Gasteiger partial charge on any atom is -0.493 e. The van der Waals surface area contributed by atoms with Gasteiger partial charge in [0, 0.05) is 18.0 Å². The van der Waals surface area contributed by atoms with Crippen molar-refractivity contribution in [2.75, 3.05) is 6.61 Å². The van der Waals surface area contributed by atoms with Crippen LogP contribution >= 0.6 is 0 Å². The molecule has 4 heteroatoms. The molecule has 190 valence electrons. The van der Waals surface area contributed by atoms with Gasteiger partial charge in [-0.1, -0.05) is 65.2 Å². The Labute approximate surface area is 213 Å². The maximum Gasteiger partial charge on any atom is 0.159 e. The van der Waals surface area contributed by atoms with Crippen LogP contribution in [0.5, 0.6) is 5.75 Å². The third kappa shape index (κ3) is 8.95. The second-order valence-corrected chi connectivity index (χ2v) is 10.6. The quantitative estimate of drug-likeness (QED) is 0.242. The molecule has 0 spiro atoms. The fourth-order valence-corrected chi connectivity index (χ4v) is 5.18. The Hall–Kier alpha value is -2.41. The Kier molecular flexibility index (Phi) is 11.5. The molecule has 4 nitrogen and oxygen atoms in total. The van der Waals surface area contributed by atoms with Crippen LogP contribution < -0.4 is 4.74 Å². The van der Waals surface area contributed by atoms with Gasteiger partial charge in [0.25, 0.3) is 0 Å². The molecular formula is C31H45N3O. The van der Waals surface area contributed by atoms with E-state index in [1.54, 1.807) is 0 Å². The monoisotopic (exact) mass is 475 g/mol. The zero-order valence-corrected chi connectivity index (χ0v) is 22.1. The number of benzene rings is 1. The summed E-state index contributed by atoms with van der Waals surface area (Å²) in [5.41, 5.74) is 2.15. The van der Waals surface area contributed by atoms with Crippen molar-refractivity contribution in [2.24, 2.45) is 11.3 Å². The molecule has 1 aliphatic rings. The molecule has 3 rings (SSSR count). The van der Waals surface area contributed by atoms with Crippen LogP contribution in [0.3, 0.4) is 0 Å². The van der Waals surface area contributed by atoms with Gasteiger partial charge in [-0.25, -0.2) is 9.97 Å². The van der Waals surface area contributed by atoms with Crippen molar-refractivity contribution < 1.29 is 4.74 Å². The molecule has 0 N–H and O–H groups in total. The van der Waals surface area contributed by atoms with E-state index < -0.39 is 0 Å². The average Bonchev–Trinajstić information content (AvgIpc) is 2.91. The van der Waals surface area contributed by atoms with Gasteiger partial charge in [0.2, 0.25) is 0 Å². The van der Waals surface area contributed by atoms with E-state index in [0.29, 0.717) is 5.92 Å². The predicted molar refractivity (Wildman–Crippen MR) is 144 cm³/mol. The fourth-order valence-electron chi connectivity index (χ4n) is 5.18. The molecule has 1 aromatic heterocycles. The molecule has 0 bridgehead atoms. The lowest BCUT2D eigenvalue weighted by Gasteiger charge is -2.35. The van der Waals surface area contributed by atoms with Crippen LogP contribution in [0.15, 0.2) is 36.7 Å². The van der Waals surface area contributed by atoms with E-state index >= 15 is 0 Å². The van der Waals surface area contributed by atoms with Gasteiger partial charge in [-0.3, -0.25) is 0 Å². The smallest absolute Gasteiger partial charge is 0.159 e. The van der Waals surface area contributed by atoms with Gasteiger partial charge >= 0.3 is 0 Å². The van der Waals surface area contributed by atoms with Crippen molar-refractivity contribution in [2.45, 2.75) is 110 Å².